The van der Waals surface area contributed by atoms with Crippen LogP contribution in [0.15, 0.2) is 0 Å². The van der Waals surface area contributed by atoms with Gasteiger partial charge in [0.05, 0.1) is 0 Å². The molecule has 0 fully saturated rings. The summed E-state index contributed by atoms with van der Waals surface area (Å²) in [5.41, 5.74) is 0. The summed E-state index contributed by atoms with van der Waals surface area (Å²) < 4.78 is 23.8. The van der Waals surface area contributed by atoms with Crippen molar-refractivity contribution in [3.05, 3.63) is 0 Å². The molecule has 0 atom stereocenters. The fourth-order valence-corrected chi connectivity index (χ4v) is 1.29. The van der Waals surface area contributed by atoms with E-state index in [1.807, 2.05) is 0 Å². The molecule has 0 amide bonds. The van der Waals surface area contributed by atoms with Crippen LogP contribution in [0, 0.1) is 0 Å². The van der Waals surface area contributed by atoms with Crippen molar-refractivity contribution < 1.29 is 12.6 Å². The van der Waals surface area contributed by atoms with Crippen molar-refractivity contribution in [2.24, 2.45) is 5.14 Å². The van der Waals surface area contributed by atoms with Gasteiger partial charge in [-0.3, -0.25) is 4.18 Å². The lowest BCUT2D eigenvalue weighted by molar-refractivity contribution is 0.334. The summed E-state index contributed by atoms with van der Waals surface area (Å²) in [6, 6.07) is 0. The van der Waals surface area contributed by atoms with Gasteiger partial charge in [-0.2, -0.15) is 8.42 Å². The minimum Gasteiger partial charge on any atom is -0.255 e. The number of nitrogens with two attached hydrogens (primary N) is 1. The highest BCUT2D eigenvalue weighted by molar-refractivity contribution is 9.39. The molecule has 62 valence electrons. The quantitative estimate of drug-likeness (QED) is 0.747. The van der Waals surface area contributed by atoms with E-state index in [4.69, 9.17) is 0 Å². The maximum atomic E-state index is 10.2. The first-order valence-electron chi connectivity index (χ1n) is 1.94. The van der Waals surface area contributed by atoms with Crippen LogP contribution in [0.3, 0.4) is 0 Å². The van der Waals surface area contributed by atoms with Crippen LogP contribution in [0.2, 0.25) is 0 Å². The molecule has 0 saturated carbocycles. The minimum atomic E-state index is -3.85. The first-order valence-corrected chi connectivity index (χ1v) is 5.80. The van der Waals surface area contributed by atoms with Gasteiger partial charge in [0.15, 0.2) is 2.14 Å². The molecular weight excluding hydrogens is 358 g/mol. The normalized spacial score (nSPS) is 13.6. The summed E-state index contributed by atoms with van der Waals surface area (Å²) in [6.07, 6.45) is 0. The number of alkyl halides is 3. The Morgan fingerprint density at radius 1 is 1.40 bits per heavy atom. The highest BCUT2D eigenvalue weighted by Gasteiger charge is 2.20. The van der Waals surface area contributed by atoms with Crippen molar-refractivity contribution in [2.75, 3.05) is 6.61 Å². The molecule has 0 rings (SSSR count). The van der Waals surface area contributed by atoms with Crippen molar-refractivity contribution in [2.45, 2.75) is 2.14 Å². The first-order chi connectivity index (χ1) is 4.21. The van der Waals surface area contributed by atoms with Crippen LogP contribution in [-0.4, -0.2) is 17.2 Å². The van der Waals surface area contributed by atoms with E-state index in [0.29, 0.717) is 0 Å². The van der Waals surface area contributed by atoms with Crippen LogP contribution in [0.5, 0.6) is 0 Å². The predicted molar refractivity (Wildman–Crippen MR) is 48.6 cm³/mol. The standard InChI is InChI=1S/C2H4Br3NO3S/c3-2(4,5)1-9-10(6,7)8/h1H2,(H2,6,7,8). The summed E-state index contributed by atoms with van der Waals surface area (Å²) >= 11 is 9.06. The van der Waals surface area contributed by atoms with Crippen LogP contribution in [0.1, 0.15) is 0 Å². The average molecular weight is 362 g/mol. The van der Waals surface area contributed by atoms with Crippen molar-refractivity contribution in [3.63, 3.8) is 0 Å². The monoisotopic (exact) mass is 359 g/mol. The Labute approximate surface area is 84.1 Å². The molecule has 0 aliphatic rings. The number of hydrogen-bond donors (Lipinski definition) is 1. The van der Waals surface area contributed by atoms with E-state index in [9.17, 15) is 8.42 Å². The lowest BCUT2D eigenvalue weighted by Gasteiger charge is -2.09. The molecular formula is C2H4Br3NO3S. The van der Waals surface area contributed by atoms with Gasteiger partial charge in [-0.15, -0.1) is 0 Å². The summed E-state index contributed by atoms with van der Waals surface area (Å²) in [4.78, 5) is 0. The summed E-state index contributed by atoms with van der Waals surface area (Å²) in [5, 5.41) is 4.53. The molecule has 0 heterocycles. The van der Waals surface area contributed by atoms with Crippen molar-refractivity contribution in [3.8, 4) is 0 Å². The molecule has 10 heavy (non-hydrogen) atoms. The first kappa shape index (κ1) is 11.3. The van der Waals surface area contributed by atoms with Gasteiger partial charge in [0, 0.05) is 0 Å². The largest absolute Gasteiger partial charge is 0.333 e. The van der Waals surface area contributed by atoms with E-state index in [2.05, 4.69) is 57.1 Å². The summed E-state index contributed by atoms with van der Waals surface area (Å²) in [7, 11) is -3.85. The Balaban J connectivity index is 3.79. The van der Waals surface area contributed by atoms with E-state index < -0.39 is 12.4 Å². The van der Waals surface area contributed by atoms with E-state index in [-0.39, 0.29) is 6.61 Å². The van der Waals surface area contributed by atoms with Crippen LogP contribution in [-0.2, 0) is 14.5 Å². The Morgan fingerprint density at radius 2 is 1.80 bits per heavy atom. The van der Waals surface area contributed by atoms with Gasteiger partial charge in [-0.25, -0.2) is 5.14 Å². The van der Waals surface area contributed by atoms with Gasteiger partial charge in [-0.1, -0.05) is 47.8 Å². The van der Waals surface area contributed by atoms with Crippen LogP contribution in [0.4, 0.5) is 0 Å². The summed E-state index contributed by atoms with van der Waals surface area (Å²) in [6.45, 7) is -0.133. The number of rotatable bonds is 2. The zero-order valence-corrected chi connectivity index (χ0v) is 10.1. The third kappa shape index (κ3) is 9.31. The van der Waals surface area contributed by atoms with Gasteiger partial charge >= 0.3 is 10.3 Å². The molecule has 0 bridgehead atoms. The highest BCUT2D eigenvalue weighted by atomic mass is 80.0. The van der Waals surface area contributed by atoms with E-state index in [0.717, 1.165) is 0 Å². The van der Waals surface area contributed by atoms with Gasteiger partial charge < -0.3 is 0 Å². The molecule has 0 aromatic carbocycles. The Hall–Kier alpha value is 1.31. The third-order valence-corrected chi connectivity index (χ3v) is 1.52. The average Bonchev–Trinajstić information content (AvgIpc) is 1.57. The molecule has 0 aliphatic carbocycles. The molecule has 8 heteroatoms. The zero-order valence-electron chi connectivity index (χ0n) is 4.55. The van der Waals surface area contributed by atoms with Crippen molar-refractivity contribution in [1.82, 2.24) is 0 Å². The Bertz CT molecular complexity index is 194. The SMILES string of the molecule is NS(=O)(=O)OCC(Br)(Br)Br. The second-order valence-electron chi connectivity index (χ2n) is 1.37. The predicted octanol–water partition coefficient (Wildman–Crippen LogP) is 1.05. The van der Waals surface area contributed by atoms with Crippen LogP contribution in [0.25, 0.3) is 0 Å². The fourth-order valence-electron chi connectivity index (χ4n) is 0.149. The molecule has 0 aromatic heterocycles. The Kier molecular flexibility index (Phi) is 4.31. The maximum absolute atomic E-state index is 10.2. The lowest BCUT2D eigenvalue weighted by Crippen LogP contribution is -2.21. The topological polar surface area (TPSA) is 69.4 Å². The lowest BCUT2D eigenvalue weighted by atomic mass is 10.9. The Morgan fingerprint density at radius 3 is 1.90 bits per heavy atom. The molecule has 0 aromatic rings. The maximum Gasteiger partial charge on any atom is 0.333 e. The van der Waals surface area contributed by atoms with Crippen molar-refractivity contribution >= 4 is 58.1 Å². The molecule has 0 aliphatic heterocycles. The molecule has 0 radical (unpaired) electrons. The van der Waals surface area contributed by atoms with Gasteiger partial charge in [0.2, 0.25) is 0 Å². The van der Waals surface area contributed by atoms with Gasteiger partial charge in [0.25, 0.3) is 0 Å². The van der Waals surface area contributed by atoms with Gasteiger partial charge in [0.1, 0.15) is 6.61 Å². The molecule has 0 saturated heterocycles. The third-order valence-electron chi connectivity index (χ3n) is 0.387. The zero-order chi connectivity index (χ0) is 8.41. The summed E-state index contributed by atoms with van der Waals surface area (Å²) in [5.74, 6) is 0. The second kappa shape index (κ2) is 3.81. The van der Waals surface area contributed by atoms with Crippen molar-refractivity contribution in [1.29, 1.82) is 0 Å². The van der Waals surface area contributed by atoms with Crippen LogP contribution >= 0.6 is 47.8 Å². The van der Waals surface area contributed by atoms with Crippen LogP contribution < -0.4 is 5.14 Å². The fraction of sp³-hybridized carbons (Fsp3) is 1.00. The molecule has 0 spiro atoms. The molecule has 4 nitrogen and oxygen atoms in total. The van der Waals surface area contributed by atoms with E-state index in [1.54, 1.807) is 0 Å². The molecule has 2 N–H and O–H groups in total. The van der Waals surface area contributed by atoms with E-state index in [1.165, 1.54) is 0 Å². The number of hydrogen-bond acceptors (Lipinski definition) is 3. The minimum absolute atomic E-state index is 0.133. The second-order valence-corrected chi connectivity index (χ2v) is 9.85. The van der Waals surface area contributed by atoms with Gasteiger partial charge in [-0.05, 0) is 0 Å². The smallest absolute Gasteiger partial charge is 0.255 e. The van der Waals surface area contributed by atoms with E-state index >= 15 is 0 Å². The highest BCUT2D eigenvalue weighted by Crippen LogP contribution is 2.33. The molecule has 0 unspecified atom stereocenters. The number of halogens is 3.